The Morgan fingerprint density at radius 1 is 0.931 bits per heavy atom. The van der Waals surface area contributed by atoms with E-state index >= 15 is 0 Å². The van der Waals surface area contributed by atoms with Gasteiger partial charge in [-0.3, -0.25) is 14.6 Å². The third-order valence-electron chi connectivity index (χ3n) is 4.62. The van der Waals surface area contributed by atoms with Crippen LogP contribution in [0, 0.1) is 0 Å². The Bertz CT molecular complexity index is 944. The van der Waals surface area contributed by atoms with Crippen molar-refractivity contribution in [3.8, 4) is 0 Å². The molecular weight excluding hydrogens is 364 g/mol. The number of rotatable bonds is 7. The number of amides is 2. The minimum absolute atomic E-state index is 0.0878. The van der Waals surface area contributed by atoms with Gasteiger partial charge in [-0.25, -0.2) is 0 Å². The van der Waals surface area contributed by atoms with Crippen LogP contribution in [0.3, 0.4) is 0 Å². The molecule has 0 aliphatic carbocycles. The van der Waals surface area contributed by atoms with Crippen molar-refractivity contribution in [3.05, 3.63) is 95.8 Å². The molecule has 0 radical (unpaired) electrons. The summed E-state index contributed by atoms with van der Waals surface area (Å²) in [4.78, 5) is 28.5. The van der Waals surface area contributed by atoms with E-state index in [0.717, 1.165) is 11.1 Å². The summed E-state index contributed by atoms with van der Waals surface area (Å²) in [6.07, 6.45) is 3.39. The summed E-state index contributed by atoms with van der Waals surface area (Å²) >= 11 is 0. The van der Waals surface area contributed by atoms with Crippen LogP contribution in [-0.2, 0) is 4.79 Å². The Morgan fingerprint density at radius 3 is 2.24 bits per heavy atom. The van der Waals surface area contributed by atoms with Gasteiger partial charge in [0, 0.05) is 36.1 Å². The average Bonchev–Trinajstić information content (AvgIpc) is 2.75. The molecule has 0 aliphatic rings. The van der Waals surface area contributed by atoms with Crippen LogP contribution < -0.4 is 16.4 Å². The smallest absolute Gasteiger partial charge is 0.255 e. The normalized spacial score (nSPS) is 12.6. The number of nitrogens with zero attached hydrogens (tertiary/aromatic N) is 1. The number of nitrogens with one attached hydrogen (secondary N) is 2. The summed E-state index contributed by atoms with van der Waals surface area (Å²) in [5, 5.41) is 5.77. The second-order valence-corrected chi connectivity index (χ2v) is 6.82. The molecule has 4 N–H and O–H groups in total. The molecule has 3 aromatic rings. The Balaban J connectivity index is 1.55. The third-order valence-corrected chi connectivity index (χ3v) is 4.62. The molecule has 2 atom stereocenters. The molecule has 0 saturated heterocycles. The number of carbonyl (C=O) groups excluding carboxylic acids is 2. The highest BCUT2D eigenvalue weighted by Crippen LogP contribution is 2.17. The van der Waals surface area contributed by atoms with Crippen molar-refractivity contribution in [2.24, 2.45) is 5.73 Å². The zero-order chi connectivity index (χ0) is 20.6. The van der Waals surface area contributed by atoms with Gasteiger partial charge >= 0.3 is 0 Å². The van der Waals surface area contributed by atoms with Gasteiger partial charge in [-0.1, -0.05) is 42.5 Å². The fourth-order valence-electron chi connectivity index (χ4n) is 2.96. The van der Waals surface area contributed by atoms with Crippen LogP contribution in [-0.4, -0.2) is 16.8 Å². The van der Waals surface area contributed by atoms with Gasteiger partial charge in [0.1, 0.15) is 0 Å². The summed E-state index contributed by atoms with van der Waals surface area (Å²) < 4.78 is 0. The Morgan fingerprint density at radius 2 is 1.59 bits per heavy atom. The molecule has 0 saturated carbocycles. The molecule has 1 aromatic heterocycles. The van der Waals surface area contributed by atoms with Crippen molar-refractivity contribution >= 4 is 17.5 Å². The van der Waals surface area contributed by atoms with Gasteiger partial charge in [0.15, 0.2) is 0 Å². The van der Waals surface area contributed by atoms with E-state index < -0.39 is 6.04 Å². The number of anilines is 1. The van der Waals surface area contributed by atoms with Crippen LogP contribution in [0.25, 0.3) is 0 Å². The highest BCUT2D eigenvalue weighted by molar-refractivity contribution is 6.04. The lowest BCUT2D eigenvalue weighted by atomic mass is 10.0. The lowest BCUT2D eigenvalue weighted by molar-refractivity contribution is -0.122. The first-order chi connectivity index (χ1) is 14.0. The molecule has 2 amide bonds. The number of nitrogens with two attached hydrogens (primary N) is 1. The molecule has 2 aromatic carbocycles. The van der Waals surface area contributed by atoms with Gasteiger partial charge in [-0.2, -0.15) is 0 Å². The van der Waals surface area contributed by atoms with Crippen LogP contribution in [0.4, 0.5) is 5.69 Å². The maximum absolute atomic E-state index is 12.3. The van der Waals surface area contributed by atoms with Crippen LogP contribution in [0.15, 0.2) is 79.1 Å². The Hall–Kier alpha value is -3.51. The summed E-state index contributed by atoms with van der Waals surface area (Å²) in [5.41, 5.74) is 9.22. The molecule has 6 nitrogen and oxygen atoms in total. The third kappa shape index (κ3) is 5.73. The van der Waals surface area contributed by atoms with E-state index in [0.29, 0.717) is 11.3 Å². The van der Waals surface area contributed by atoms with Crippen molar-refractivity contribution in [2.45, 2.75) is 25.4 Å². The number of hydrogen-bond donors (Lipinski definition) is 3. The van der Waals surface area contributed by atoms with Gasteiger partial charge in [-0.15, -0.1) is 0 Å². The molecule has 0 spiro atoms. The first-order valence-corrected chi connectivity index (χ1v) is 9.44. The molecule has 29 heavy (non-hydrogen) atoms. The predicted molar refractivity (Wildman–Crippen MR) is 113 cm³/mol. The van der Waals surface area contributed by atoms with Crippen molar-refractivity contribution < 1.29 is 9.59 Å². The van der Waals surface area contributed by atoms with E-state index in [4.69, 9.17) is 5.73 Å². The van der Waals surface area contributed by atoms with Gasteiger partial charge in [-0.05, 0) is 42.3 Å². The summed E-state index contributed by atoms with van der Waals surface area (Å²) in [6, 6.07) is 19.6. The molecule has 1 unspecified atom stereocenters. The van der Waals surface area contributed by atoms with Crippen molar-refractivity contribution in [1.29, 1.82) is 0 Å². The van der Waals surface area contributed by atoms with Gasteiger partial charge < -0.3 is 16.4 Å². The molecule has 6 heteroatoms. The summed E-state index contributed by atoms with van der Waals surface area (Å²) in [5.74, 6) is -0.334. The Labute approximate surface area is 170 Å². The fourth-order valence-corrected chi connectivity index (χ4v) is 2.96. The highest BCUT2D eigenvalue weighted by atomic mass is 16.2. The average molecular weight is 388 g/mol. The number of carbonyl (C=O) groups is 2. The molecule has 0 bridgehead atoms. The zero-order valence-corrected chi connectivity index (χ0v) is 16.2. The molecule has 1 heterocycles. The van der Waals surface area contributed by atoms with E-state index in [1.807, 2.05) is 37.3 Å². The van der Waals surface area contributed by atoms with Gasteiger partial charge in [0.05, 0.1) is 6.04 Å². The van der Waals surface area contributed by atoms with Crippen molar-refractivity contribution in [1.82, 2.24) is 10.3 Å². The second-order valence-electron chi connectivity index (χ2n) is 6.82. The predicted octanol–water partition coefficient (Wildman–Crippen LogP) is 3.60. The molecule has 148 valence electrons. The standard InChI is InChI=1S/C23H24N4O2/c1-16(17-5-3-2-4-6-17)26-22(28)15-21(24)18-7-9-19(10-8-18)23(29)27-20-11-13-25-14-12-20/h2-14,16,21H,15,24H2,1H3,(H,26,28)(H,25,27,29)/t16-,21?/m1/s1. The lowest BCUT2D eigenvalue weighted by Crippen LogP contribution is -2.29. The van der Waals surface area contributed by atoms with E-state index in [1.54, 1.807) is 48.8 Å². The lowest BCUT2D eigenvalue weighted by Gasteiger charge is -2.17. The minimum Gasteiger partial charge on any atom is -0.350 e. The highest BCUT2D eigenvalue weighted by Gasteiger charge is 2.15. The summed E-state index contributed by atoms with van der Waals surface area (Å²) in [6.45, 7) is 1.94. The van der Waals surface area contributed by atoms with Crippen molar-refractivity contribution in [2.75, 3.05) is 5.32 Å². The van der Waals surface area contributed by atoms with Crippen LogP contribution in [0.2, 0.25) is 0 Å². The molecule has 3 rings (SSSR count). The topological polar surface area (TPSA) is 97.1 Å². The largest absolute Gasteiger partial charge is 0.350 e. The maximum Gasteiger partial charge on any atom is 0.255 e. The second kappa shape index (κ2) is 9.61. The van der Waals surface area contributed by atoms with E-state index in [-0.39, 0.29) is 24.3 Å². The van der Waals surface area contributed by atoms with Crippen LogP contribution >= 0.6 is 0 Å². The van der Waals surface area contributed by atoms with Crippen LogP contribution in [0.5, 0.6) is 0 Å². The van der Waals surface area contributed by atoms with E-state index in [2.05, 4.69) is 15.6 Å². The number of aromatic nitrogens is 1. The quantitative estimate of drug-likeness (QED) is 0.576. The minimum atomic E-state index is -0.449. The van der Waals surface area contributed by atoms with Crippen molar-refractivity contribution in [3.63, 3.8) is 0 Å². The fraction of sp³-hybridized carbons (Fsp3) is 0.174. The van der Waals surface area contributed by atoms with Gasteiger partial charge in [0.2, 0.25) is 5.91 Å². The van der Waals surface area contributed by atoms with Crippen LogP contribution in [0.1, 0.15) is 46.9 Å². The number of hydrogen-bond acceptors (Lipinski definition) is 4. The molecule has 0 fully saturated rings. The molecular formula is C23H24N4O2. The number of pyridine rings is 1. The Kier molecular flexibility index (Phi) is 6.71. The first-order valence-electron chi connectivity index (χ1n) is 9.44. The first kappa shape index (κ1) is 20.2. The monoisotopic (exact) mass is 388 g/mol. The van der Waals surface area contributed by atoms with E-state index in [1.165, 1.54) is 0 Å². The SMILES string of the molecule is C[C@@H](NC(=O)CC(N)c1ccc(C(=O)Nc2ccncc2)cc1)c1ccccc1. The molecule has 0 aliphatic heterocycles. The summed E-state index contributed by atoms with van der Waals surface area (Å²) in [7, 11) is 0. The maximum atomic E-state index is 12.3. The zero-order valence-electron chi connectivity index (χ0n) is 16.2. The number of benzene rings is 2. The van der Waals surface area contributed by atoms with E-state index in [9.17, 15) is 9.59 Å². The van der Waals surface area contributed by atoms with Gasteiger partial charge in [0.25, 0.3) is 5.91 Å².